The second kappa shape index (κ2) is 4.96. The summed E-state index contributed by atoms with van der Waals surface area (Å²) in [5.41, 5.74) is 2.03. The van der Waals surface area contributed by atoms with Gasteiger partial charge in [0, 0.05) is 11.1 Å². The van der Waals surface area contributed by atoms with Crippen LogP contribution in [0.15, 0.2) is 48.5 Å². The Bertz CT molecular complexity index is 624. The van der Waals surface area contributed by atoms with Gasteiger partial charge in [-0.3, -0.25) is 0 Å². The molecule has 0 N–H and O–H groups in total. The quantitative estimate of drug-likeness (QED) is 0.471. The topological polar surface area (TPSA) is 4.36 Å². The minimum Gasteiger partial charge on any atom is -0.238 e. The molecule has 17 heavy (non-hydrogen) atoms. The van der Waals surface area contributed by atoms with Crippen LogP contribution < -0.4 is 0 Å². The standard InChI is InChI=1S/C15H8FN/c1-17-15-9-7-12(8-10-15)5-6-13-3-2-4-14(16)11-13/h2-4,7-11H. The lowest BCUT2D eigenvalue weighted by atomic mass is 10.1. The Morgan fingerprint density at radius 2 is 1.65 bits per heavy atom. The van der Waals surface area contributed by atoms with Crippen molar-refractivity contribution in [1.29, 1.82) is 0 Å². The molecule has 2 rings (SSSR count). The lowest BCUT2D eigenvalue weighted by Gasteiger charge is -1.91. The van der Waals surface area contributed by atoms with E-state index in [1.54, 1.807) is 36.4 Å². The molecule has 2 heteroatoms. The fraction of sp³-hybridized carbons (Fsp3) is 0. The molecule has 0 spiro atoms. The lowest BCUT2D eigenvalue weighted by molar-refractivity contribution is 0.627. The van der Waals surface area contributed by atoms with E-state index in [1.165, 1.54) is 12.1 Å². The Morgan fingerprint density at radius 3 is 2.29 bits per heavy atom. The molecule has 0 radical (unpaired) electrons. The summed E-state index contributed by atoms with van der Waals surface area (Å²) in [6.45, 7) is 6.82. The normalized spacial score (nSPS) is 8.94. The van der Waals surface area contributed by atoms with Gasteiger partial charge in [-0.1, -0.05) is 42.2 Å². The number of benzene rings is 2. The molecule has 0 aromatic heterocycles. The molecule has 0 fully saturated rings. The first-order valence-electron chi connectivity index (χ1n) is 5.03. The molecule has 0 saturated carbocycles. The SMILES string of the molecule is [C-]#[N+]c1ccc(C#Cc2cccc(F)c2)cc1. The highest BCUT2D eigenvalue weighted by Gasteiger charge is 1.91. The maximum Gasteiger partial charge on any atom is 0.187 e. The zero-order valence-electron chi connectivity index (χ0n) is 8.94. The van der Waals surface area contributed by atoms with Gasteiger partial charge in [0.2, 0.25) is 0 Å². The summed E-state index contributed by atoms with van der Waals surface area (Å²) in [6, 6.07) is 13.1. The van der Waals surface area contributed by atoms with Crippen LogP contribution >= 0.6 is 0 Å². The summed E-state index contributed by atoms with van der Waals surface area (Å²) in [5.74, 6) is 5.50. The van der Waals surface area contributed by atoms with Gasteiger partial charge < -0.3 is 0 Å². The molecule has 0 bridgehead atoms. The van der Waals surface area contributed by atoms with E-state index in [0.29, 0.717) is 11.3 Å². The van der Waals surface area contributed by atoms with Gasteiger partial charge in [-0.25, -0.2) is 9.24 Å². The van der Waals surface area contributed by atoms with E-state index < -0.39 is 0 Å². The largest absolute Gasteiger partial charge is 0.238 e. The third-order valence-electron chi connectivity index (χ3n) is 2.17. The van der Waals surface area contributed by atoms with Crippen LogP contribution in [0.2, 0.25) is 0 Å². The number of hydrogen-bond acceptors (Lipinski definition) is 0. The molecule has 2 aromatic rings. The number of hydrogen-bond donors (Lipinski definition) is 0. The van der Waals surface area contributed by atoms with E-state index in [2.05, 4.69) is 16.7 Å². The van der Waals surface area contributed by atoms with Crippen molar-refractivity contribution < 1.29 is 4.39 Å². The van der Waals surface area contributed by atoms with Crippen LogP contribution in [0, 0.1) is 24.2 Å². The predicted octanol–water partition coefficient (Wildman–Crippen LogP) is 3.78. The summed E-state index contributed by atoms with van der Waals surface area (Å²) in [4.78, 5) is 3.29. The van der Waals surface area contributed by atoms with E-state index in [-0.39, 0.29) is 5.82 Å². The Kier molecular flexibility index (Phi) is 3.19. The number of halogens is 1. The fourth-order valence-electron chi connectivity index (χ4n) is 1.33. The van der Waals surface area contributed by atoms with Crippen molar-refractivity contribution in [3.8, 4) is 11.8 Å². The maximum absolute atomic E-state index is 12.9. The van der Waals surface area contributed by atoms with Crippen molar-refractivity contribution in [3.05, 3.63) is 76.9 Å². The van der Waals surface area contributed by atoms with Gasteiger partial charge in [0.1, 0.15) is 5.82 Å². The van der Waals surface area contributed by atoms with Crippen LogP contribution in [-0.4, -0.2) is 0 Å². The molecule has 2 aromatic carbocycles. The molecule has 0 saturated heterocycles. The predicted molar refractivity (Wildman–Crippen MR) is 65.1 cm³/mol. The molecule has 0 amide bonds. The van der Waals surface area contributed by atoms with Crippen LogP contribution in [0.25, 0.3) is 4.85 Å². The Hall–Kier alpha value is -2.58. The van der Waals surface area contributed by atoms with Crippen LogP contribution in [0.1, 0.15) is 11.1 Å². The van der Waals surface area contributed by atoms with Crippen LogP contribution in [0.4, 0.5) is 10.1 Å². The van der Waals surface area contributed by atoms with Crippen molar-refractivity contribution in [2.45, 2.75) is 0 Å². The van der Waals surface area contributed by atoms with Gasteiger partial charge in [0.15, 0.2) is 5.69 Å². The van der Waals surface area contributed by atoms with E-state index in [1.807, 2.05) is 0 Å². The highest BCUT2D eigenvalue weighted by Crippen LogP contribution is 2.11. The summed E-state index contributed by atoms with van der Waals surface area (Å²) in [5, 5.41) is 0. The van der Waals surface area contributed by atoms with E-state index >= 15 is 0 Å². The van der Waals surface area contributed by atoms with E-state index in [9.17, 15) is 4.39 Å². The Balaban J connectivity index is 2.24. The highest BCUT2D eigenvalue weighted by molar-refractivity contribution is 5.50. The molecule has 0 aliphatic rings. The van der Waals surface area contributed by atoms with Crippen molar-refractivity contribution in [2.75, 3.05) is 0 Å². The first-order valence-corrected chi connectivity index (χ1v) is 5.03. The first kappa shape index (κ1) is 10.9. The average Bonchev–Trinajstić information content (AvgIpc) is 2.37. The summed E-state index contributed by atoms with van der Waals surface area (Å²) < 4.78 is 12.9. The van der Waals surface area contributed by atoms with Crippen molar-refractivity contribution in [2.24, 2.45) is 0 Å². The lowest BCUT2D eigenvalue weighted by Crippen LogP contribution is -1.78. The third-order valence-corrected chi connectivity index (χ3v) is 2.17. The van der Waals surface area contributed by atoms with Crippen molar-refractivity contribution in [3.63, 3.8) is 0 Å². The van der Waals surface area contributed by atoms with Gasteiger partial charge in [0.25, 0.3) is 0 Å². The minimum atomic E-state index is -0.292. The molecule has 80 valence electrons. The second-order valence-corrected chi connectivity index (χ2v) is 3.42. The minimum absolute atomic E-state index is 0.292. The smallest absolute Gasteiger partial charge is 0.187 e. The third kappa shape index (κ3) is 2.93. The maximum atomic E-state index is 12.9. The van der Waals surface area contributed by atoms with Crippen molar-refractivity contribution >= 4 is 5.69 Å². The van der Waals surface area contributed by atoms with Gasteiger partial charge in [-0.2, -0.15) is 0 Å². The van der Waals surface area contributed by atoms with E-state index in [0.717, 1.165) is 5.56 Å². The molecule has 0 atom stereocenters. The zero-order valence-corrected chi connectivity index (χ0v) is 8.94. The summed E-state index contributed by atoms with van der Waals surface area (Å²) in [6.07, 6.45) is 0. The summed E-state index contributed by atoms with van der Waals surface area (Å²) >= 11 is 0. The van der Waals surface area contributed by atoms with Crippen LogP contribution in [-0.2, 0) is 0 Å². The van der Waals surface area contributed by atoms with E-state index in [4.69, 9.17) is 6.57 Å². The fourth-order valence-corrected chi connectivity index (χ4v) is 1.33. The van der Waals surface area contributed by atoms with Gasteiger partial charge in [0.05, 0.1) is 6.57 Å². The highest BCUT2D eigenvalue weighted by atomic mass is 19.1. The van der Waals surface area contributed by atoms with Gasteiger partial charge in [-0.15, -0.1) is 0 Å². The first-order chi connectivity index (χ1) is 8.28. The average molecular weight is 221 g/mol. The molecular weight excluding hydrogens is 213 g/mol. The number of nitrogens with zero attached hydrogens (tertiary/aromatic N) is 1. The van der Waals surface area contributed by atoms with Crippen LogP contribution in [0.5, 0.6) is 0 Å². The summed E-state index contributed by atoms with van der Waals surface area (Å²) in [7, 11) is 0. The van der Waals surface area contributed by atoms with Gasteiger partial charge >= 0.3 is 0 Å². The Labute approximate surface area is 99.4 Å². The molecule has 0 aliphatic heterocycles. The molecular formula is C15H8FN. The molecule has 0 aliphatic carbocycles. The second-order valence-electron chi connectivity index (χ2n) is 3.42. The molecule has 1 nitrogen and oxygen atoms in total. The number of rotatable bonds is 0. The zero-order chi connectivity index (χ0) is 12.1. The van der Waals surface area contributed by atoms with Crippen LogP contribution in [0.3, 0.4) is 0 Å². The van der Waals surface area contributed by atoms with Crippen molar-refractivity contribution in [1.82, 2.24) is 0 Å². The van der Waals surface area contributed by atoms with Gasteiger partial charge in [-0.05, 0) is 18.2 Å². The Morgan fingerprint density at radius 1 is 0.941 bits per heavy atom. The monoisotopic (exact) mass is 221 g/mol. The molecule has 0 unspecified atom stereocenters. The molecule has 0 heterocycles.